The fourth-order valence-electron chi connectivity index (χ4n) is 2.40. The number of carbonyl (C=O) groups is 3. The average molecular weight is 346 g/mol. The molecular weight excluding hydrogens is 324 g/mol. The van der Waals surface area contributed by atoms with E-state index in [4.69, 9.17) is 9.47 Å². The fourth-order valence-corrected chi connectivity index (χ4v) is 2.40. The van der Waals surface area contributed by atoms with E-state index in [-0.39, 0.29) is 5.57 Å². The van der Waals surface area contributed by atoms with E-state index in [0.29, 0.717) is 30.3 Å². The van der Waals surface area contributed by atoms with Gasteiger partial charge in [-0.2, -0.15) is 0 Å². The van der Waals surface area contributed by atoms with Crippen LogP contribution in [0, 0.1) is 0 Å². The summed E-state index contributed by atoms with van der Waals surface area (Å²) in [6, 6.07) is 4.60. The Bertz CT molecular complexity index is 700. The zero-order chi connectivity index (χ0) is 18.6. The van der Waals surface area contributed by atoms with E-state index in [1.807, 2.05) is 13.8 Å². The maximum absolute atomic E-state index is 12.3. The Kier molecular flexibility index (Phi) is 5.80. The predicted octanol–water partition coefficient (Wildman–Crippen LogP) is 2.31. The van der Waals surface area contributed by atoms with Crippen molar-refractivity contribution in [1.29, 1.82) is 0 Å². The van der Waals surface area contributed by atoms with Crippen LogP contribution in [0.1, 0.15) is 25.8 Å². The van der Waals surface area contributed by atoms with Crippen LogP contribution in [0.2, 0.25) is 0 Å². The molecule has 0 spiro atoms. The SMILES string of the molecule is CCCOc1c(C=C2C(=O)N(C)C(=O)N(C)C2=O)cccc1OCC. The van der Waals surface area contributed by atoms with E-state index in [1.54, 1.807) is 18.2 Å². The van der Waals surface area contributed by atoms with Gasteiger partial charge in [-0.1, -0.05) is 19.1 Å². The molecule has 1 fully saturated rings. The van der Waals surface area contributed by atoms with Crippen LogP contribution in [-0.2, 0) is 9.59 Å². The topological polar surface area (TPSA) is 76.2 Å². The van der Waals surface area contributed by atoms with Gasteiger partial charge in [-0.3, -0.25) is 19.4 Å². The number of nitrogens with zero attached hydrogens (tertiary/aromatic N) is 2. The normalized spacial score (nSPS) is 14.9. The zero-order valence-corrected chi connectivity index (χ0v) is 14.9. The first-order chi connectivity index (χ1) is 11.9. The molecule has 1 aromatic carbocycles. The summed E-state index contributed by atoms with van der Waals surface area (Å²) in [4.78, 5) is 38.3. The first kappa shape index (κ1) is 18.5. The molecule has 1 heterocycles. The number of likely N-dealkylation sites (N-methyl/N-ethyl adjacent to an activating group) is 2. The van der Waals surface area contributed by atoms with E-state index < -0.39 is 17.8 Å². The molecule has 7 heteroatoms. The van der Waals surface area contributed by atoms with Crippen LogP contribution in [-0.4, -0.2) is 55.0 Å². The Hall–Kier alpha value is -2.83. The van der Waals surface area contributed by atoms with Crippen molar-refractivity contribution in [1.82, 2.24) is 9.80 Å². The van der Waals surface area contributed by atoms with Crippen LogP contribution >= 0.6 is 0 Å². The molecule has 0 atom stereocenters. The number of rotatable bonds is 6. The number of hydrogen-bond donors (Lipinski definition) is 0. The van der Waals surface area contributed by atoms with Crippen molar-refractivity contribution in [2.75, 3.05) is 27.3 Å². The molecule has 1 aliphatic rings. The van der Waals surface area contributed by atoms with Gasteiger partial charge in [-0.25, -0.2) is 4.79 Å². The lowest BCUT2D eigenvalue weighted by Crippen LogP contribution is -2.52. The Morgan fingerprint density at radius 2 is 1.64 bits per heavy atom. The number of barbiturate groups is 1. The molecule has 0 aliphatic carbocycles. The molecule has 7 nitrogen and oxygen atoms in total. The molecule has 0 unspecified atom stereocenters. The van der Waals surface area contributed by atoms with Crippen molar-refractivity contribution >= 4 is 23.9 Å². The van der Waals surface area contributed by atoms with Crippen molar-refractivity contribution in [3.05, 3.63) is 29.3 Å². The van der Waals surface area contributed by atoms with Gasteiger partial charge in [0.05, 0.1) is 13.2 Å². The van der Waals surface area contributed by atoms with E-state index in [9.17, 15) is 14.4 Å². The minimum absolute atomic E-state index is 0.0976. The number of carbonyl (C=O) groups excluding carboxylic acids is 3. The third kappa shape index (κ3) is 3.65. The lowest BCUT2D eigenvalue weighted by atomic mass is 10.1. The number of amides is 4. The van der Waals surface area contributed by atoms with Gasteiger partial charge in [-0.15, -0.1) is 0 Å². The van der Waals surface area contributed by atoms with Gasteiger partial charge in [0.1, 0.15) is 5.57 Å². The molecule has 1 saturated heterocycles. The van der Waals surface area contributed by atoms with Crippen molar-refractivity contribution in [2.24, 2.45) is 0 Å². The van der Waals surface area contributed by atoms with Crippen molar-refractivity contribution in [3.63, 3.8) is 0 Å². The molecule has 0 N–H and O–H groups in total. The number of urea groups is 1. The number of imide groups is 2. The summed E-state index contributed by atoms with van der Waals surface area (Å²) in [6.45, 7) is 4.77. The first-order valence-corrected chi connectivity index (χ1v) is 8.12. The van der Waals surface area contributed by atoms with Gasteiger partial charge >= 0.3 is 6.03 Å². The van der Waals surface area contributed by atoms with Crippen LogP contribution in [0.15, 0.2) is 23.8 Å². The summed E-state index contributed by atoms with van der Waals surface area (Å²) in [5, 5.41) is 0. The maximum atomic E-state index is 12.3. The second-order valence-corrected chi connectivity index (χ2v) is 5.52. The minimum Gasteiger partial charge on any atom is -0.490 e. The van der Waals surface area contributed by atoms with E-state index in [0.717, 1.165) is 16.2 Å². The van der Waals surface area contributed by atoms with Gasteiger partial charge in [0.15, 0.2) is 11.5 Å². The molecule has 0 bridgehead atoms. The standard InChI is InChI=1S/C18H22N2O5/c1-5-10-25-15-12(8-7-9-14(15)24-6-2)11-13-16(21)19(3)18(23)20(4)17(13)22/h7-9,11H,5-6,10H2,1-4H3. The average Bonchev–Trinajstić information content (AvgIpc) is 2.61. The van der Waals surface area contributed by atoms with Gasteiger partial charge in [0.25, 0.3) is 11.8 Å². The molecule has 4 amide bonds. The first-order valence-electron chi connectivity index (χ1n) is 8.12. The largest absolute Gasteiger partial charge is 0.490 e. The van der Waals surface area contributed by atoms with Crippen molar-refractivity contribution in [3.8, 4) is 11.5 Å². The Morgan fingerprint density at radius 3 is 2.20 bits per heavy atom. The third-order valence-corrected chi connectivity index (χ3v) is 3.70. The van der Waals surface area contributed by atoms with Crippen LogP contribution in [0.5, 0.6) is 11.5 Å². The Balaban J connectivity index is 2.51. The highest BCUT2D eigenvalue weighted by Gasteiger charge is 2.38. The van der Waals surface area contributed by atoms with Crippen LogP contribution in [0.3, 0.4) is 0 Å². The maximum Gasteiger partial charge on any atom is 0.333 e. The quantitative estimate of drug-likeness (QED) is 0.583. The van der Waals surface area contributed by atoms with Crippen LogP contribution in [0.25, 0.3) is 6.08 Å². The molecular formula is C18H22N2O5. The van der Waals surface area contributed by atoms with Crippen LogP contribution < -0.4 is 9.47 Å². The highest BCUT2D eigenvalue weighted by Crippen LogP contribution is 2.34. The van der Waals surface area contributed by atoms with E-state index >= 15 is 0 Å². The lowest BCUT2D eigenvalue weighted by Gasteiger charge is -2.29. The summed E-state index contributed by atoms with van der Waals surface area (Å²) in [7, 11) is 2.68. The number of para-hydroxylation sites is 1. The molecule has 134 valence electrons. The van der Waals surface area contributed by atoms with Gasteiger partial charge < -0.3 is 9.47 Å². The molecule has 25 heavy (non-hydrogen) atoms. The second-order valence-electron chi connectivity index (χ2n) is 5.52. The number of ether oxygens (including phenoxy) is 2. The molecule has 1 aromatic rings. The highest BCUT2D eigenvalue weighted by atomic mass is 16.5. The van der Waals surface area contributed by atoms with Gasteiger partial charge in [-0.05, 0) is 25.5 Å². The van der Waals surface area contributed by atoms with Crippen LogP contribution in [0.4, 0.5) is 4.79 Å². The minimum atomic E-state index is -0.655. The molecule has 1 aliphatic heterocycles. The Labute approximate surface area is 146 Å². The zero-order valence-electron chi connectivity index (χ0n) is 14.9. The van der Waals surface area contributed by atoms with Gasteiger partial charge in [0, 0.05) is 19.7 Å². The highest BCUT2D eigenvalue weighted by molar-refractivity contribution is 6.30. The molecule has 0 radical (unpaired) electrons. The summed E-state index contributed by atoms with van der Waals surface area (Å²) in [6.07, 6.45) is 2.24. The fraction of sp³-hybridized carbons (Fsp3) is 0.389. The van der Waals surface area contributed by atoms with E-state index in [1.165, 1.54) is 20.2 Å². The predicted molar refractivity (Wildman–Crippen MR) is 92.3 cm³/mol. The Morgan fingerprint density at radius 1 is 1.00 bits per heavy atom. The smallest absolute Gasteiger partial charge is 0.333 e. The second kappa shape index (κ2) is 7.83. The molecule has 2 rings (SSSR count). The summed E-state index contributed by atoms with van der Waals surface area (Å²) in [5.41, 5.74) is 0.451. The summed E-state index contributed by atoms with van der Waals surface area (Å²) < 4.78 is 11.3. The third-order valence-electron chi connectivity index (χ3n) is 3.70. The summed E-state index contributed by atoms with van der Waals surface area (Å²) >= 11 is 0. The number of hydrogen-bond acceptors (Lipinski definition) is 5. The number of benzene rings is 1. The van der Waals surface area contributed by atoms with Crippen molar-refractivity contribution in [2.45, 2.75) is 20.3 Å². The van der Waals surface area contributed by atoms with E-state index in [2.05, 4.69) is 0 Å². The molecule has 0 saturated carbocycles. The lowest BCUT2D eigenvalue weighted by molar-refractivity contribution is -0.134. The summed E-state index contributed by atoms with van der Waals surface area (Å²) in [5.74, 6) is -0.270. The molecule has 0 aromatic heterocycles. The monoisotopic (exact) mass is 346 g/mol. The van der Waals surface area contributed by atoms with Gasteiger partial charge in [0.2, 0.25) is 0 Å². The van der Waals surface area contributed by atoms with Crippen molar-refractivity contribution < 1.29 is 23.9 Å².